The minimum atomic E-state index is -1.39. The lowest BCUT2D eigenvalue weighted by Crippen LogP contribution is -2.24. The summed E-state index contributed by atoms with van der Waals surface area (Å²) in [7, 11) is 0. The molecule has 0 aliphatic carbocycles. The number of rotatable bonds is 4. The number of hydrogen-bond acceptors (Lipinski definition) is 3. The van der Waals surface area contributed by atoms with Gasteiger partial charge in [0.2, 0.25) is 0 Å². The average molecular weight is 286 g/mol. The standard InChI is InChI=1S/C14H16F2O4/c1-14(2)4-3-9(20-14)7-19-12-10(15)5-8(13(17)18)6-11(12)16/h5-6,9H,3-4,7H2,1-2H3,(H,17,18). The molecule has 1 heterocycles. The van der Waals surface area contributed by atoms with Crippen molar-refractivity contribution >= 4 is 5.97 Å². The summed E-state index contributed by atoms with van der Waals surface area (Å²) in [6, 6.07) is 1.47. The van der Waals surface area contributed by atoms with Crippen molar-refractivity contribution in [2.45, 2.75) is 38.4 Å². The molecule has 0 spiro atoms. The Balaban J connectivity index is 2.05. The highest BCUT2D eigenvalue weighted by molar-refractivity contribution is 5.87. The van der Waals surface area contributed by atoms with E-state index in [9.17, 15) is 13.6 Å². The second kappa shape index (κ2) is 5.36. The Morgan fingerprint density at radius 1 is 1.45 bits per heavy atom. The minimum Gasteiger partial charge on any atom is -0.485 e. The molecule has 0 radical (unpaired) electrons. The summed E-state index contributed by atoms with van der Waals surface area (Å²) in [6.07, 6.45) is 1.39. The van der Waals surface area contributed by atoms with Crippen LogP contribution >= 0.6 is 0 Å². The van der Waals surface area contributed by atoms with Crippen LogP contribution in [0.4, 0.5) is 8.78 Å². The topological polar surface area (TPSA) is 55.8 Å². The van der Waals surface area contributed by atoms with Gasteiger partial charge < -0.3 is 14.6 Å². The van der Waals surface area contributed by atoms with E-state index >= 15 is 0 Å². The molecule has 1 saturated heterocycles. The molecule has 1 N–H and O–H groups in total. The second-order valence-electron chi connectivity index (χ2n) is 5.42. The van der Waals surface area contributed by atoms with Crippen LogP contribution in [0, 0.1) is 11.6 Å². The predicted octanol–water partition coefficient (Wildman–Crippen LogP) is 3.00. The predicted molar refractivity (Wildman–Crippen MR) is 67.0 cm³/mol. The number of benzene rings is 1. The van der Waals surface area contributed by atoms with Crippen molar-refractivity contribution in [3.63, 3.8) is 0 Å². The Hall–Kier alpha value is -1.69. The lowest BCUT2D eigenvalue weighted by Gasteiger charge is -2.19. The maximum absolute atomic E-state index is 13.6. The lowest BCUT2D eigenvalue weighted by molar-refractivity contribution is -0.0335. The highest BCUT2D eigenvalue weighted by atomic mass is 19.1. The van der Waals surface area contributed by atoms with Crippen LogP contribution in [0.2, 0.25) is 0 Å². The molecule has 1 aromatic rings. The van der Waals surface area contributed by atoms with E-state index in [1.165, 1.54) is 0 Å². The molecule has 1 fully saturated rings. The first-order valence-corrected chi connectivity index (χ1v) is 6.31. The third kappa shape index (κ3) is 3.25. The number of ether oxygens (including phenoxy) is 2. The summed E-state index contributed by atoms with van der Waals surface area (Å²) < 4.78 is 38.0. The van der Waals surface area contributed by atoms with Gasteiger partial charge in [0.05, 0.1) is 17.3 Å². The van der Waals surface area contributed by atoms with E-state index in [4.69, 9.17) is 14.6 Å². The van der Waals surface area contributed by atoms with Gasteiger partial charge in [-0.05, 0) is 38.8 Å². The molecule has 4 nitrogen and oxygen atoms in total. The van der Waals surface area contributed by atoms with E-state index in [0.717, 1.165) is 25.0 Å². The molecule has 0 saturated carbocycles. The fourth-order valence-electron chi connectivity index (χ4n) is 2.19. The summed E-state index contributed by atoms with van der Waals surface area (Å²) in [5.74, 6) is -4.02. The number of aromatic carboxylic acids is 1. The number of hydrogen-bond donors (Lipinski definition) is 1. The Morgan fingerprint density at radius 2 is 2.05 bits per heavy atom. The SMILES string of the molecule is CC1(C)CCC(COc2c(F)cc(C(=O)O)cc2F)O1. The molecular formula is C14H16F2O4. The highest BCUT2D eigenvalue weighted by Gasteiger charge is 2.32. The summed E-state index contributed by atoms with van der Waals surface area (Å²) in [5.41, 5.74) is -0.705. The number of carbonyl (C=O) groups is 1. The molecular weight excluding hydrogens is 270 g/mol. The van der Waals surface area contributed by atoms with Crippen LogP contribution in [-0.2, 0) is 4.74 Å². The van der Waals surface area contributed by atoms with Crippen LogP contribution in [-0.4, -0.2) is 29.4 Å². The van der Waals surface area contributed by atoms with Gasteiger partial charge in [0.15, 0.2) is 17.4 Å². The Bertz CT molecular complexity index is 505. The van der Waals surface area contributed by atoms with Gasteiger partial charge in [-0.3, -0.25) is 0 Å². The molecule has 1 aliphatic heterocycles. The smallest absolute Gasteiger partial charge is 0.335 e. The Kier molecular flexibility index (Phi) is 3.94. The van der Waals surface area contributed by atoms with Crippen molar-refractivity contribution in [3.05, 3.63) is 29.3 Å². The van der Waals surface area contributed by atoms with Crippen molar-refractivity contribution in [1.29, 1.82) is 0 Å². The lowest BCUT2D eigenvalue weighted by atomic mass is 10.1. The van der Waals surface area contributed by atoms with Crippen LogP contribution in [0.25, 0.3) is 0 Å². The Morgan fingerprint density at radius 3 is 2.50 bits per heavy atom. The van der Waals surface area contributed by atoms with E-state index in [2.05, 4.69) is 0 Å². The largest absolute Gasteiger partial charge is 0.485 e. The normalized spacial score (nSPS) is 20.9. The van der Waals surface area contributed by atoms with Gasteiger partial charge in [0, 0.05) is 0 Å². The zero-order valence-electron chi connectivity index (χ0n) is 11.3. The molecule has 6 heteroatoms. The molecule has 0 bridgehead atoms. The van der Waals surface area contributed by atoms with Gasteiger partial charge in [-0.1, -0.05) is 0 Å². The monoisotopic (exact) mass is 286 g/mol. The molecule has 1 unspecified atom stereocenters. The van der Waals surface area contributed by atoms with Crippen molar-refractivity contribution in [2.75, 3.05) is 6.61 Å². The summed E-state index contributed by atoms with van der Waals surface area (Å²) in [4.78, 5) is 10.7. The maximum Gasteiger partial charge on any atom is 0.335 e. The van der Waals surface area contributed by atoms with E-state index in [1.807, 2.05) is 13.8 Å². The van der Waals surface area contributed by atoms with Crippen molar-refractivity contribution in [2.24, 2.45) is 0 Å². The van der Waals surface area contributed by atoms with Gasteiger partial charge >= 0.3 is 5.97 Å². The van der Waals surface area contributed by atoms with E-state index < -0.39 is 28.9 Å². The van der Waals surface area contributed by atoms with Crippen LogP contribution in [0.1, 0.15) is 37.0 Å². The van der Waals surface area contributed by atoms with Crippen molar-refractivity contribution in [1.82, 2.24) is 0 Å². The summed E-state index contributed by atoms with van der Waals surface area (Å²) in [5, 5.41) is 8.69. The van der Waals surface area contributed by atoms with Crippen LogP contribution < -0.4 is 4.74 Å². The third-order valence-electron chi connectivity index (χ3n) is 3.21. The molecule has 2 rings (SSSR count). The first-order valence-electron chi connectivity index (χ1n) is 6.31. The van der Waals surface area contributed by atoms with Gasteiger partial charge in [0.1, 0.15) is 6.61 Å². The quantitative estimate of drug-likeness (QED) is 0.924. The van der Waals surface area contributed by atoms with Crippen molar-refractivity contribution in [3.8, 4) is 5.75 Å². The first-order chi connectivity index (χ1) is 9.28. The Labute approximate surface area is 115 Å². The molecule has 1 aromatic carbocycles. The fraction of sp³-hybridized carbons (Fsp3) is 0.500. The molecule has 110 valence electrons. The van der Waals surface area contributed by atoms with E-state index in [0.29, 0.717) is 0 Å². The second-order valence-corrected chi connectivity index (χ2v) is 5.42. The van der Waals surface area contributed by atoms with Gasteiger partial charge in [-0.2, -0.15) is 0 Å². The van der Waals surface area contributed by atoms with Crippen LogP contribution in [0.15, 0.2) is 12.1 Å². The molecule has 1 aliphatic rings. The number of halogens is 2. The third-order valence-corrected chi connectivity index (χ3v) is 3.21. The van der Waals surface area contributed by atoms with Crippen LogP contribution in [0.3, 0.4) is 0 Å². The zero-order chi connectivity index (χ0) is 14.9. The van der Waals surface area contributed by atoms with E-state index in [-0.39, 0.29) is 18.3 Å². The van der Waals surface area contributed by atoms with Crippen LogP contribution in [0.5, 0.6) is 5.75 Å². The van der Waals surface area contributed by atoms with E-state index in [1.54, 1.807) is 0 Å². The minimum absolute atomic E-state index is 0.0314. The molecule has 20 heavy (non-hydrogen) atoms. The molecule has 1 atom stereocenters. The molecule has 0 aromatic heterocycles. The number of carboxylic acid groups (broad SMARTS) is 1. The highest BCUT2D eigenvalue weighted by Crippen LogP contribution is 2.30. The van der Waals surface area contributed by atoms with Gasteiger partial charge in [-0.15, -0.1) is 0 Å². The average Bonchev–Trinajstić information content (AvgIpc) is 2.67. The fourth-order valence-corrected chi connectivity index (χ4v) is 2.19. The summed E-state index contributed by atoms with van der Waals surface area (Å²) >= 11 is 0. The zero-order valence-corrected chi connectivity index (χ0v) is 11.3. The molecule has 0 amide bonds. The first kappa shape index (κ1) is 14.7. The van der Waals surface area contributed by atoms with Gasteiger partial charge in [-0.25, -0.2) is 13.6 Å². The van der Waals surface area contributed by atoms with Crippen molar-refractivity contribution < 1.29 is 28.2 Å². The van der Waals surface area contributed by atoms with Gasteiger partial charge in [0.25, 0.3) is 0 Å². The number of carboxylic acids is 1. The maximum atomic E-state index is 13.6. The summed E-state index contributed by atoms with van der Waals surface area (Å²) in [6.45, 7) is 3.91.